The van der Waals surface area contributed by atoms with Crippen molar-refractivity contribution in [2.45, 2.75) is 64.2 Å². The minimum absolute atomic E-state index is 0.0817. The van der Waals surface area contributed by atoms with Crippen LogP contribution in [0.4, 0.5) is 0 Å². The number of aliphatic hydroxyl groups is 1. The van der Waals surface area contributed by atoms with Crippen LogP contribution in [0.1, 0.15) is 46.0 Å². The summed E-state index contributed by atoms with van der Waals surface area (Å²) >= 11 is 1.08. The molecule has 2 saturated heterocycles. The van der Waals surface area contributed by atoms with E-state index in [0.29, 0.717) is 12.3 Å². The van der Waals surface area contributed by atoms with Crippen molar-refractivity contribution in [2.24, 2.45) is 11.3 Å². The van der Waals surface area contributed by atoms with Crippen LogP contribution in [0.3, 0.4) is 0 Å². The first-order valence-electron chi connectivity index (χ1n) is 7.53. The van der Waals surface area contributed by atoms with Crippen molar-refractivity contribution in [1.82, 2.24) is 7.06 Å². The number of halogens is 2. The van der Waals surface area contributed by atoms with Crippen LogP contribution < -0.4 is 7.06 Å². The van der Waals surface area contributed by atoms with Gasteiger partial charge in [0.2, 0.25) is 0 Å². The Morgan fingerprint density at radius 2 is 2.05 bits per heavy atom. The number of nitrogens with one attached hydrogen (secondary N) is 2. The molecule has 5 atom stereocenters. The fraction of sp³-hybridized carbons (Fsp3) is 0.929. The molecule has 0 aromatic carbocycles. The van der Waals surface area contributed by atoms with E-state index < -0.39 is 35.0 Å². The Morgan fingerprint density at radius 3 is 2.67 bits per heavy atom. The SMILES string of the molecule is CC1(O)CC2(OC(=O)C(C)(I)C34NI3N4)CC3CC3(C1)C2. The number of alkyl halides is 2. The van der Waals surface area contributed by atoms with E-state index in [1.807, 2.05) is 13.8 Å². The number of carbonyl (C=O) groups excluding carboxylic acids is 1. The van der Waals surface area contributed by atoms with Crippen LogP contribution in [-0.2, 0) is 9.53 Å². The van der Waals surface area contributed by atoms with Gasteiger partial charge < -0.3 is 0 Å². The summed E-state index contributed by atoms with van der Waals surface area (Å²) in [5.41, 5.74) is -0.818. The molecule has 2 heterocycles. The van der Waals surface area contributed by atoms with E-state index in [1.165, 1.54) is 6.42 Å². The topological polar surface area (TPSA) is 90.4 Å². The standard InChI is InChI=1S/C14H20I2N2O3/c1-10(20)5-12-3-8(12)4-13(6-10,7-12)21-9(19)11(2,15)14-16(17-14)18-14/h8,17-18,20H,3-7H2,1-2H3. The van der Waals surface area contributed by atoms with Crippen molar-refractivity contribution in [2.75, 3.05) is 0 Å². The summed E-state index contributed by atoms with van der Waals surface area (Å²) in [6, 6.07) is 0. The third kappa shape index (κ3) is 1.75. The molecule has 5 aliphatic rings. The third-order valence-corrected chi connectivity index (χ3v) is 13.2. The van der Waals surface area contributed by atoms with Crippen LogP contribution in [0.5, 0.6) is 0 Å². The van der Waals surface area contributed by atoms with Crippen LogP contribution in [0.15, 0.2) is 0 Å². The van der Waals surface area contributed by atoms with E-state index in [4.69, 9.17) is 4.74 Å². The van der Waals surface area contributed by atoms with Gasteiger partial charge in [0.25, 0.3) is 0 Å². The Morgan fingerprint density at radius 1 is 1.38 bits per heavy atom. The molecule has 5 unspecified atom stereocenters. The van der Waals surface area contributed by atoms with Crippen LogP contribution in [0.2, 0.25) is 0 Å². The second-order valence-corrected chi connectivity index (χ2v) is 14.7. The van der Waals surface area contributed by atoms with Gasteiger partial charge >= 0.3 is 146 Å². The van der Waals surface area contributed by atoms with Gasteiger partial charge in [0.05, 0.1) is 0 Å². The summed E-state index contributed by atoms with van der Waals surface area (Å²) in [6.07, 6.45) is 4.63. The minimum atomic E-state index is -1.17. The van der Waals surface area contributed by atoms with E-state index in [9.17, 15) is 9.90 Å². The number of ether oxygens (including phenoxy) is 1. The zero-order chi connectivity index (χ0) is 14.9. The second kappa shape index (κ2) is 3.57. The summed E-state index contributed by atoms with van der Waals surface area (Å²) in [4.78, 5) is 12.8. The van der Waals surface area contributed by atoms with Gasteiger partial charge in [0, 0.05) is 0 Å². The van der Waals surface area contributed by atoms with Gasteiger partial charge in [-0.05, 0) is 0 Å². The van der Waals surface area contributed by atoms with Crippen molar-refractivity contribution in [3.8, 4) is 0 Å². The van der Waals surface area contributed by atoms with Crippen molar-refractivity contribution in [1.29, 1.82) is 0 Å². The number of esters is 1. The quantitative estimate of drug-likeness (QED) is 0.133. The first-order valence-corrected chi connectivity index (χ1v) is 11.8. The van der Waals surface area contributed by atoms with Crippen molar-refractivity contribution in [3.63, 3.8) is 0 Å². The first kappa shape index (κ1) is 14.2. The number of fused-ring (bicyclic) bond motifs is 2. The van der Waals surface area contributed by atoms with Gasteiger partial charge in [-0.25, -0.2) is 0 Å². The Bertz CT molecular complexity index is 575. The molecule has 0 radical (unpaired) electrons. The molecule has 1 spiro atoms. The maximum absolute atomic E-state index is 12.8. The predicted molar refractivity (Wildman–Crippen MR) is 93.9 cm³/mol. The molecule has 5 nitrogen and oxygen atoms in total. The van der Waals surface area contributed by atoms with Crippen LogP contribution in [0, 0.1) is 11.3 Å². The Kier molecular flexibility index (Phi) is 2.41. The fourth-order valence-electron chi connectivity index (χ4n) is 5.16. The molecule has 0 aromatic heterocycles. The molecule has 5 fully saturated rings. The Hall–Kier alpha value is 0.810. The van der Waals surface area contributed by atoms with E-state index in [2.05, 4.69) is 29.7 Å². The molecule has 2 bridgehead atoms. The van der Waals surface area contributed by atoms with E-state index >= 15 is 0 Å². The van der Waals surface area contributed by atoms with Crippen molar-refractivity contribution >= 4 is 48.9 Å². The summed E-state index contributed by atoms with van der Waals surface area (Å²) in [5.74, 6) is 0.564. The third-order valence-electron chi connectivity index (χ3n) is 6.09. The molecular weight excluding hydrogens is 498 g/mol. The maximum atomic E-state index is 12.8. The molecular formula is C14H20I2N2O3. The van der Waals surface area contributed by atoms with Crippen molar-refractivity contribution in [3.05, 3.63) is 0 Å². The zero-order valence-corrected chi connectivity index (χ0v) is 16.4. The molecule has 3 aliphatic carbocycles. The average molecular weight is 518 g/mol. The summed E-state index contributed by atoms with van der Waals surface area (Å²) in [5, 5.41) is 10.6. The monoisotopic (exact) mass is 518 g/mol. The summed E-state index contributed by atoms with van der Waals surface area (Å²) in [7, 11) is 0. The van der Waals surface area contributed by atoms with Gasteiger partial charge in [0.15, 0.2) is 0 Å². The van der Waals surface area contributed by atoms with E-state index in [-0.39, 0.29) is 15.1 Å². The van der Waals surface area contributed by atoms with Crippen LogP contribution in [-0.4, -0.2) is 29.4 Å². The molecule has 21 heavy (non-hydrogen) atoms. The van der Waals surface area contributed by atoms with Gasteiger partial charge in [-0.2, -0.15) is 0 Å². The predicted octanol–water partition coefficient (Wildman–Crippen LogP) is 2.00. The molecule has 0 aromatic rings. The van der Waals surface area contributed by atoms with E-state index in [1.54, 1.807) is 0 Å². The molecule has 3 N–H and O–H groups in total. The zero-order valence-electron chi connectivity index (χ0n) is 12.1. The van der Waals surface area contributed by atoms with Crippen molar-refractivity contribution < 1.29 is 14.6 Å². The van der Waals surface area contributed by atoms with Crippen LogP contribution >= 0.6 is 43.0 Å². The summed E-state index contributed by atoms with van der Waals surface area (Å²) in [6.45, 7) is 3.89. The molecule has 3 saturated carbocycles. The van der Waals surface area contributed by atoms with Gasteiger partial charge in [0.1, 0.15) is 0 Å². The number of hydrogen-bond acceptors (Lipinski definition) is 5. The van der Waals surface area contributed by atoms with Gasteiger partial charge in [-0.15, -0.1) is 0 Å². The van der Waals surface area contributed by atoms with Gasteiger partial charge in [-0.1, -0.05) is 0 Å². The second-order valence-electron chi connectivity index (χ2n) is 8.20. The molecule has 7 heteroatoms. The Labute approximate surface area is 145 Å². The fourth-order valence-corrected chi connectivity index (χ4v) is 12.9. The van der Waals surface area contributed by atoms with Crippen LogP contribution in [0.25, 0.3) is 0 Å². The average Bonchev–Trinajstić information content (AvgIpc) is 3.14. The number of carbonyl (C=O) groups is 1. The molecule has 0 amide bonds. The number of hydrogen-bond donors (Lipinski definition) is 3. The van der Waals surface area contributed by atoms with E-state index in [0.717, 1.165) is 19.3 Å². The molecule has 118 valence electrons. The summed E-state index contributed by atoms with van der Waals surface area (Å²) < 4.78 is 12.4. The number of rotatable bonds is 3. The Balaban J connectivity index is 1.40. The first-order chi connectivity index (χ1) is 9.62. The van der Waals surface area contributed by atoms with Gasteiger partial charge in [-0.3, -0.25) is 0 Å². The molecule has 2 aliphatic heterocycles. The normalized spacial score (nSPS) is 55.0. The molecule has 5 rings (SSSR count).